The molecule has 1 aromatic heterocycles. The van der Waals surface area contributed by atoms with Crippen molar-refractivity contribution in [3.63, 3.8) is 0 Å². The van der Waals surface area contributed by atoms with E-state index in [4.69, 9.17) is 14.3 Å². The molecule has 7 rings (SSSR count). The molecule has 11 nitrogen and oxygen atoms in total. The second kappa shape index (κ2) is 15.1. The summed E-state index contributed by atoms with van der Waals surface area (Å²) in [5.41, 5.74) is 3.27. The van der Waals surface area contributed by atoms with Gasteiger partial charge in [0.25, 0.3) is 0 Å². The van der Waals surface area contributed by atoms with Crippen LogP contribution in [0.4, 0.5) is 33.1 Å². The van der Waals surface area contributed by atoms with Gasteiger partial charge in [-0.3, -0.25) is 9.63 Å². The maximum Gasteiger partial charge on any atom is 0.247 e. The second-order valence-corrected chi connectivity index (χ2v) is 12.8. The Labute approximate surface area is 291 Å². The van der Waals surface area contributed by atoms with Crippen molar-refractivity contribution in [2.45, 2.75) is 44.2 Å². The van der Waals surface area contributed by atoms with Crippen LogP contribution in [-0.2, 0) is 16.1 Å². The Morgan fingerprint density at radius 2 is 1.80 bits per heavy atom. The molecule has 0 bridgehead atoms. The monoisotopic (exact) mass is 679 g/mol. The molecule has 1 amide bonds. The number of ether oxygens (including phenoxy) is 2. The molecule has 4 heterocycles. The molecule has 0 aliphatic carbocycles. The molecule has 2 N–H and O–H groups in total. The summed E-state index contributed by atoms with van der Waals surface area (Å²) in [4.78, 5) is 32.5. The summed E-state index contributed by atoms with van der Waals surface area (Å²) in [5, 5.41) is 8.21. The number of piperidine rings is 1. The van der Waals surface area contributed by atoms with Gasteiger partial charge in [-0.1, -0.05) is 24.8 Å². The number of hydrogen-bond acceptors (Lipinski definition) is 10. The van der Waals surface area contributed by atoms with Gasteiger partial charge in [0, 0.05) is 37.3 Å². The predicted molar refractivity (Wildman–Crippen MR) is 192 cm³/mol. The Morgan fingerprint density at radius 3 is 2.54 bits per heavy atom. The first-order valence-corrected chi connectivity index (χ1v) is 17.1. The first-order valence-electron chi connectivity index (χ1n) is 17.1. The van der Waals surface area contributed by atoms with Crippen LogP contribution in [-0.4, -0.2) is 72.8 Å². The summed E-state index contributed by atoms with van der Waals surface area (Å²) < 4.78 is 25.4. The van der Waals surface area contributed by atoms with E-state index < -0.39 is 0 Å². The summed E-state index contributed by atoms with van der Waals surface area (Å²) in [6.45, 7) is 8.37. The minimum atomic E-state index is -0.348. The Kier molecular flexibility index (Phi) is 10.1. The van der Waals surface area contributed by atoms with Gasteiger partial charge in [0.1, 0.15) is 35.2 Å². The molecule has 260 valence electrons. The topological polar surface area (TPSA) is 104 Å². The number of halogens is 1. The van der Waals surface area contributed by atoms with Gasteiger partial charge in [0.2, 0.25) is 5.91 Å². The number of aromatic nitrogens is 2. The van der Waals surface area contributed by atoms with Crippen LogP contribution in [0.15, 0.2) is 85.7 Å². The van der Waals surface area contributed by atoms with Gasteiger partial charge in [-0.25, -0.2) is 19.4 Å². The fourth-order valence-electron chi connectivity index (χ4n) is 6.86. The van der Waals surface area contributed by atoms with Crippen molar-refractivity contribution in [3.8, 4) is 17.2 Å². The number of rotatable bonds is 12. The number of amides is 1. The number of anilines is 5. The third-order valence-electron chi connectivity index (χ3n) is 9.53. The number of methoxy groups -OCH3 is 1. The van der Waals surface area contributed by atoms with Crippen LogP contribution in [0.1, 0.15) is 31.2 Å². The van der Waals surface area contributed by atoms with E-state index in [1.807, 2.05) is 47.5 Å². The number of likely N-dealkylation sites (tertiary alicyclic amines) is 1. The minimum absolute atomic E-state index is 0.0157. The SMILES string of the molecule is C=CC(=O)Nc1cc(Nc2cc(N3OCCC3Cc3cccc(Oc4cccc(F)c4)c3)ncn2)c(OC)cc1N1CCC(N2CCC2)CC1. The van der Waals surface area contributed by atoms with Gasteiger partial charge >= 0.3 is 0 Å². The Bertz CT molecular complexity index is 1830. The van der Waals surface area contributed by atoms with E-state index in [0.29, 0.717) is 59.3 Å². The molecule has 3 aromatic carbocycles. The first kappa shape index (κ1) is 33.3. The lowest BCUT2D eigenvalue weighted by Crippen LogP contribution is -2.50. The summed E-state index contributed by atoms with van der Waals surface area (Å²) in [7, 11) is 1.63. The maximum absolute atomic E-state index is 13.7. The number of carbonyl (C=O) groups excluding carboxylic acids is 1. The van der Waals surface area contributed by atoms with Gasteiger partial charge in [0.15, 0.2) is 5.82 Å². The highest BCUT2D eigenvalue weighted by atomic mass is 19.1. The van der Waals surface area contributed by atoms with Crippen molar-refractivity contribution in [3.05, 3.63) is 97.1 Å². The van der Waals surface area contributed by atoms with Crippen LogP contribution in [0.5, 0.6) is 17.2 Å². The van der Waals surface area contributed by atoms with Crippen molar-refractivity contribution in [1.82, 2.24) is 14.9 Å². The molecule has 3 saturated heterocycles. The molecule has 3 aliphatic heterocycles. The van der Waals surface area contributed by atoms with Crippen LogP contribution >= 0.6 is 0 Å². The van der Waals surface area contributed by atoms with E-state index in [9.17, 15) is 9.18 Å². The zero-order valence-electron chi connectivity index (χ0n) is 28.2. The second-order valence-electron chi connectivity index (χ2n) is 12.8. The van der Waals surface area contributed by atoms with Crippen LogP contribution < -0.4 is 30.1 Å². The molecule has 1 atom stereocenters. The number of benzene rings is 3. The quantitative estimate of drug-likeness (QED) is 0.157. The molecule has 3 aliphatic rings. The standard InChI is InChI=1S/C38H42FN7O4/c1-3-38(47)43-32-22-33(35(48-2)23-34(32)45-16-11-28(12-17-45)44-14-6-15-44)42-36-24-37(41-25-40-36)46-29(13-18-49-46)19-26-7-4-9-30(20-26)50-31-10-5-8-27(39)21-31/h3-5,7-10,20-25,28-29H,1,6,11-19H2,2H3,(H,43,47)(H,40,41,42). The van der Waals surface area contributed by atoms with Gasteiger partial charge in [-0.2, -0.15) is 0 Å². The molecule has 1 unspecified atom stereocenters. The molecule has 4 aromatic rings. The molecule has 0 saturated carbocycles. The Hall–Kier alpha value is -5.20. The highest BCUT2D eigenvalue weighted by Crippen LogP contribution is 2.40. The largest absolute Gasteiger partial charge is 0.494 e. The molecule has 3 fully saturated rings. The van der Waals surface area contributed by atoms with Gasteiger partial charge in [-0.05, 0) is 87.2 Å². The highest BCUT2D eigenvalue weighted by molar-refractivity contribution is 6.02. The molecule has 0 spiro atoms. The van der Waals surface area contributed by atoms with Gasteiger partial charge in [0.05, 0.1) is 36.8 Å². The van der Waals surface area contributed by atoms with E-state index in [2.05, 4.69) is 37.0 Å². The first-order chi connectivity index (χ1) is 24.4. The Morgan fingerprint density at radius 1 is 1.00 bits per heavy atom. The fraction of sp³-hybridized carbons (Fsp3) is 0.342. The van der Waals surface area contributed by atoms with Crippen molar-refractivity contribution in [2.75, 3.05) is 60.5 Å². The molecule has 12 heteroatoms. The zero-order chi connectivity index (χ0) is 34.5. The van der Waals surface area contributed by atoms with Crippen molar-refractivity contribution >= 4 is 34.6 Å². The number of nitrogens with zero attached hydrogens (tertiary/aromatic N) is 5. The lowest BCUT2D eigenvalue weighted by atomic mass is 9.99. The maximum atomic E-state index is 13.7. The van der Waals surface area contributed by atoms with Crippen molar-refractivity contribution in [1.29, 1.82) is 0 Å². The average molecular weight is 680 g/mol. The third-order valence-corrected chi connectivity index (χ3v) is 9.53. The summed E-state index contributed by atoms with van der Waals surface area (Å²) >= 11 is 0. The van der Waals surface area contributed by atoms with E-state index in [-0.39, 0.29) is 17.8 Å². The molecular formula is C38H42FN7O4. The van der Waals surface area contributed by atoms with Crippen LogP contribution in [0.3, 0.4) is 0 Å². The smallest absolute Gasteiger partial charge is 0.247 e. The van der Waals surface area contributed by atoms with Crippen LogP contribution in [0, 0.1) is 5.82 Å². The minimum Gasteiger partial charge on any atom is -0.494 e. The van der Waals surface area contributed by atoms with E-state index in [1.54, 1.807) is 19.2 Å². The van der Waals surface area contributed by atoms with Crippen LogP contribution in [0.2, 0.25) is 0 Å². The fourth-order valence-corrected chi connectivity index (χ4v) is 6.86. The summed E-state index contributed by atoms with van der Waals surface area (Å²) in [6, 6.07) is 20.2. The van der Waals surface area contributed by atoms with Gasteiger partial charge in [-0.15, -0.1) is 0 Å². The normalized spacial score (nSPS) is 18.0. The summed E-state index contributed by atoms with van der Waals surface area (Å²) in [5.74, 6) is 2.21. The van der Waals surface area contributed by atoms with Crippen LogP contribution in [0.25, 0.3) is 0 Å². The summed E-state index contributed by atoms with van der Waals surface area (Å²) in [6.07, 6.45) is 7.70. The van der Waals surface area contributed by atoms with Gasteiger partial charge < -0.3 is 29.9 Å². The predicted octanol–water partition coefficient (Wildman–Crippen LogP) is 6.71. The van der Waals surface area contributed by atoms with Crippen molar-refractivity contribution in [2.24, 2.45) is 0 Å². The van der Waals surface area contributed by atoms with E-state index in [0.717, 1.165) is 43.6 Å². The highest BCUT2D eigenvalue weighted by Gasteiger charge is 2.30. The molecule has 0 radical (unpaired) electrons. The lowest BCUT2D eigenvalue weighted by Gasteiger charge is -2.43. The number of hydroxylamine groups is 1. The zero-order valence-corrected chi connectivity index (χ0v) is 28.2. The third kappa shape index (κ3) is 7.66. The van der Waals surface area contributed by atoms with Crippen molar-refractivity contribution < 1.29 is 23.5 Å². The average Bonchev–Trinajstić information content (AvgIpc) is 3.56. The number of hydrogen-bond donors (Lipinski definition) is 2. The van der Waals surface area contributed by atoms with E-state index >= 15 is 0 Å². The number of nitrogens with one attached hydrogen (secondary N) is 2. The molecule has 50 heavy (non-hydrogen) atoms. The number of carbonyl (C=O) groups is 1. The van der Waals surface area contributed by atoms with E-state index in [1.165, 1.54) is 44.0 Å². The lowest BCUT2D eigenvalue weighted by molar-refractivity contribution is -0.111. The Balaban J connectivity index is 1.07. The molecular weight excluding hydrogens is 637 g/mol.